The smallest absolute Gasteiger partial charge is 0.289 e. The number of nitrogens with zero attached hydrogens (tertiary/aromatic N) is 3. The van der Waals surface area contributed by atoms with Crippen molar-refractivity contribution < 1.29 is 9.21 Å². The molecule has 2 rings (SSSR count). The number of rotatable bonds is 4. The SMILES string of the molecule is Cc1nc(C)c(C(=O)NCCc2ncn[nH]2)o1. The fourth-order valence-electron chi connectivity index (χ4n) is 1.47. The summed E-state index contributed by atoms with van der Waals surface area (Å²) in [6.45, 7) is 3.91. The molecule has 0 radical (unpaired) electrons. The Morgan fingerprint density at radius 1 is 1.53 bits per heavy atom. The van der Waals surface area contributed by atoms with Gasteiger partial charge < -0.3 is 9.73 Å². The first-order chi connectivity index (χ1) is 8.16. The quantitative estimate of drug-likeness (QED) is 0.798. The van der Waals surface area contributed by atoms with E-state index in [0.717, 1.165) is 5.82 Å². The van der Waals surface area contributed by atoms with Gasteiger partial charge in [0.1, 0.15) is 12.2 Å². The Kier molecular flexibility index (Phi) is 3.17. The summed E-state index contributed by atoms with van der Waals surface area (Å²) in [6, 6.07) is 0. The van der Waals surface area contributed by atoms with Crippen LogP contribution in [0, 0.1) is 13.8 Å². The summed E-state index contributed by atoms with van der Waals surface area (Å²) in [7, 11) is 0. The van der Waals surface area contributed by atoms with E-state index in [1.54, 1.807) is 13.8 Å². The molecule has 0 saturated heterocycles. The van der Waals surface area contributed by atoms with Crippen molar-refractivity contribution in [3.63, 3.8) is 0 Å². The van der Waals surface area contributed by atoms with Crippen LogP contribution < -0.4 is 5.32 Å². The van der Waals surface area contributed by atoms with Crippen molar-refractivity contribution in [3.05, 3.63) is 29.5 Å². The maximum absolute atomic E-state index is 11.7. The first kappa shape index (κ1) is 11.3. The van der Waals surface area contributed by atoms with Crippen molar-refractivity contribution in [2.75, 3.05) is 6.54 Å². The Morgan fingerprint density at radius 3 is 2.94 bits per heavy atom. The fraction of sp³-hybridized carbons (Fsp3) is 0.400. The number of aromatic amines is 1. The predicted molar refractivity (Wildman–Crippen MR) is 58.4 cm³/mol. The number of H-pyrrole nitrogens is 1. The molecule has 0 saturated carbocycles. The fourth-order valence-corrected chi connectivity index (χ4v) is 1.47. The Hall–Kier alpha value is -2.18. The van der Waals surface area contributed by atoms with Gasteiger partial charge >= 0.3 is 0 Å². The molecule has 0 atom stereocenters. The van der Waals surface area contributed by atoms with E-state index in [2.05, 4.69) is 25.5 Å². The molecule has 0 spiro atoms. The van der Waals surface area contributed by atoms with Crippen LogP contribution in [0.3, 0.4) is 0 Å². The predicted octanol–water partition coefficient (Wildman–Crippen LogP) is 0.382. The highest BCUT2D eigenvalue weighted by molar-refractivity contribution is 5.92. The molecule has 2 heterocycles. The number of nitrogens with one attached hydrogen (secondary N) is 2. The zero-order chi connectivity index (χ0) is 12.3. The van der Waals surface area contributed by atoms with Crippen LogP contribution in [0.4, 0.5) is 0 Å². The Balaban J connectivity index is 1.87. The molecule has 7 nitrogen and oxygen atoms in total. The first-order valence-electron chi connectivity index (χ1n) is 5.23. The average Bonchev–Trinajstić information content (AvgIpc) is 2.88. The number of hydrogen-bond acceptors (Lipinski definition) is 5. The third-order valence-electron chi connectivity index (χ3n) is 2.22. The molecule has 2 aromatic rings. The van der Waals surface area contributed by atoms with Crippen molar-refractivity contribution >= 4 is 5.91 Å². The van der Waals surface area contributed by atoms with Crippen molar-refractivity contribution in [1.82, 2.24) is 25.5 Å². The second kappa shape index (κ2) is 4.77. The van der Waals surface area contributed by atoms with Crippen LogP contribution in [-0.2, 0) is 6.42 Å². The van der Waals surface area contributed by atoms with Crippen molar-refractivity contribution in [3.8, 4) is 0 Å². The lowest BCUT2D eigenvalue weighted by Crippen LogP contribution is -2.26. The van der Waals surface area contributed by atoms with Crippen LogP contribution in [0.5, 0.6) is 0 Å². The molecule has 90 valence electrons. The van der Waals surface area contributed by atoms with E-state index in [1.165, 1.54) is 6.33 Å². The van der Waals surface area contributed by atoms with Gasteiger partial charge in [-0.15, -0.1) is 0 Å². The molecule has 1 amide bonds. The lowest BCUT2D eigenvalue weighted by Gasteiger charge is -2.01. The molecule has 0 bridgehead atoms. The van der Waals surface area contributed by atoms with Gasteiger partial charge in [-0.3, -0.25) is 9.89 Å². The number of carbonyl (C=O) groups is 1. The number of oxazole rings is 1. The molecule has 7 heteroatoms. The van der Waals surface area contributed by atoms with Gasteiger partial charge in [0.15, 0.2) is 5.89 Å². The first-order valence-corrected chi connectivity index (χ1v) is 5.23. The minimum atomic E-state index is -0.261. The summed E-state index contributed by atoms with van der Waals surface area (Å²) in [5.41, 5.74) is 0.597. The third-order valence-corrected chi connectivity index (χ3v) is 2.22. The molecule has 0 aliphatic carbocycles. The summed E-state index contributed by atoms with van der Waals surface area (Å²) in [4.78, 5) is 19.7. The van der Waals surface area contributed by atoms with Crippen LogP contribution in [0.2, 0.25) is 0 Å². The molecule has 0 aliphatic heterocycles. The topological polar surface area (TPSA) is 96.7 Å². The average molecular weight is 235 g/mol. The molecular formula is C10H13N5O2. The maximum Gasteiger partial charge on any atom is 0.289 e. The van der Waals surface area contributed by atoms with Crippen molar-refractivity contribution in [1.29, 1.82) is 0 Å². The van der Waals surface area contributed by atoms with Gasteiger partial charge in [0, 0.05) is 19.9 Å². The van der Waals surface area contributed by atoms with Gasteiger partial charge in [0.05, 0.1) is 5.69 Å². The summed E-state index contributed by atoms with van der Waals surface area (Å²) < 4.78 is 5.20. The van der Waals surface area contributed by atoms with Crippen LogP contribution >= 0.6 is 0 Å². The second-order valence-corrected chi connectivity index (χ2v) is 3.59. The molecule has 0 unspecified atom stereocenters. The van der Waals surface area contributed by atoms with E-state index < -0.39 is 0 Å². The number of amides is 1. The minimum Gasteiger partial charge on any atom is -0.436 e. The Morgan fingerprint density at radius 2 is 2.35 bits per heavy atom. The normalized spacial score (nSPS) is 10.5. The zero-order valence-electron chi connectivity index (χ0n) is 9.65. The number of aryl methyl sites for hydroxylation is 2. The van der Waals surface area contributed by atoms with E-state index in [4.69, 9.17) is 4.42 Å². The van der Waals surface area contributed by atoms with Crippen molar-refractivity contribution in [2.45, 2.75) is 20.3 Å². The molecule has 2 aromatic heterocycles. The monoisotopic (exact) mass is 235 g/mol. The maximum atomic E-state index is 11.7. The van der Waals surface area contributed by atoms with E-state index in [1.807, 2.05) is 0 Å². The summed E-state index contributed by atoms with van der Waals surface area (Å²) in [5, 5.41) is 9.17. The van der Waals surface area contributed by atoms with Crippen LogP contribution in [0.1, 0.15) is 28.0 Å². The highest BCUT2D eigenvalue weighted by Gasteiger charge is 2.15. The van der Waals surface area contributed by atoms with Gasteiger partial charge in [-0.05, 0) is 6.92 Å². The van der Waals surface area contributed by atoms with E-state index in [-0.39, 0.29) is 11.7 Å². The third kappa shape index (κ3) is 2.68. The Labute approximate surface area is 97.7 Å². The van der Waals surface area contributed by atoms with Gasteiger partial charge in [-0.2, -0.15) is 5.10 Å². The van der Waals surface area contributed by atoms with E-state index in [0.29, 0.717) is 24.6 Å². The summed E-state index contributed by atoms with van der Waals surface area (Å²) in [5.74, 6) is 1.22. The standard InChI is InChI=1S/C10H13N5O2/c1-6-9(17-7(2)14-6)10(16)11-4-3-8-12-5-13-15-8/h5H,3-4H2,1-2H3,(H,11,16)(H,12,13,15). The van der Waals surface area contributed by atoms with Gasteiger partial charge in [-0.25, -0.2) is 9.97 Å². The number of hydrogen-bond donors (Lipinski definition) is 2. The summed E-state index contributed by atoms with van der Waals surface area (Å²) in [6.07, 6.45) is 2.03. The second-order valence-electron chi connectivity index (χ2n) is 3.59. The highest BCUT2D eigenvalue weighted by Crippen LogP contribution is 2.08. The van der Waals surface area contributed by atoms with E-state index >= 15 is 0 Å². The lowest BCUT2D eigenvalue weighted by molar-refractivity contribution is 0.0924. The van der Waals surface area contributed by atoms with E-state index in [9.17, 15) is 4.79 Å². The zero-order valence-corrected chi connectivity index (χ0v) is 9.65. The largest absolute Gasteiger partial charge is 0.436 e. The van der Waals surface area contributed by atoms with Crippen molar-refractivity contribution in [2.24, 2.45) is 0 Å². The molecule has 0 aromatic carbocycles. The summed E-state index contributed by atoms with van der Waals surface area (Å²) >= 11 is 0. The minimum absolute atomic E-state index is 0.261. The van der Waals surface area contributed by atoms with Crippen LogP contribution in [-0.4, -0.2) is 32.6 Å². The Bertz CT molecular complexity index is 503. The van der Waals surface area contributed by atoms with Gasteiger partial charge in [0.2, 0.25) is 5.76 Å². The van der Waals surface area contributed by atoms with Gasteiger partial charge in [0.25, 0.3) is 5.91 Å². The molecular weight excluding hydrogens is 222 g/mol. The molecule has 2 N–H and O–H groups in total. The lowest BCUT2D eigenvalue weighted by atomic mass is 10.3. The number of aromatic nitrogens is 4. The van der Waals surface area contributed by atoms with Crippen LogP contribution in [0.25, 0.3) is 0 Å². The number of carbonyl (C=O) groups excluding carboxylic acids is 1. The molecule has 17 heavy (non-hydrogen) atoms. The van der Waals surface area contributed by atoms with Gasteiger partial charge in [-0.1, -0.05) is 0 Å². The molecule has 0 fully saturated rings. The highest BCUT2D eigenvalue weighted by atomic mass is 16.4. The van der Waals surface area contributed by atoms with Crippen LogP contribution in [0.15, 0.2) is 10.7 Å². The molecule has 0 aliphatic rings.